The van der Waals surface area contributed by atoms with Gasteiger partial charge in [0.25, 0.3) is 0 Å². The maximum absolute atomic E-state index is 13.0. The molecule has 0 bridgehead atoms. The van der Waals surface area contributed by atoms with E-state index in [2.05, 4.69) is 17.3 Å². The summed E-state index contributed by atoms with van der Waals surface area (Å²) in [7, 11) is 5.91. The third kappa shape index (κ3) is 3.03. The largest absolute Gasteiger partial charge is 0.348 e. The second kappa shape index (κ2) is 6.45. The van der Waals surface area contributed by atoms with Gasteiger partial charge in [0, 0.05) is 46.3 Å². The molecule has 25 heavy (non-hydrogen) atoms. The summed E-state index contributed by atoms with van der Waals surface area (Å²) in [4.78, 5) is 31.4. The van der Waals surface area contributed by atoms with Crippen molar-refractivity contribution in [1.29, 1.82) is 0 Å². The maximum atomic E-state index is 13.0. The second-order valence-corrected chi connectivity index (χ2v) is 9.06. The fourth-order valence-electron chi connectivity index (χ4n) is 5.68. The second-order valence-electron chi connectivity index (χ2n) is 9.06. The van der Waals surface area contributed by atoms with Crippen molar-refractivity contribution in [2.45, 2.75) is 45.6 Å². The van der Waals surface area contributed by atoms with Gasteiger partial charge >= 0.3 is 6.03 Å². The number of hydrogen-bond acceptors (Lipinski definition) is 3. The number of piperidine rings is 1. The molecule has 1 saturated carbocycles. The van der Waals surface area contributed by atoms with Crippen LogP contribution >= 0.6 is 0 Å². The Balaban J connectivity index is 1.74. The van der Waals surface area contributed by atoms with E-state index >= 15 is 0 Å². The van der Waals surface area contributed by atoms with E-state index in [4.69, 9.17) is 0 Å². The first-order valence-electron chi connectivity index (χ1n) is 9.66. The zero-order valence-electron chi connectivity index (χ0n) is 16.5. The standard InChI is InChI=1S/C19H34N4O2/c1-14(2)20-17(25)23-10-8-18(9-11-23)6-7-19(16(24)21(3)4)13-22(5)12-15(18)19/h14-15H,6-13H2,1-5H3,(H,20,25)/t15-,19+/m1/s1. The molecule has 142 valence electrons. The molecule has 2 heterocycles. The normalized spacial score (nSPS) is 31.4. The first-order chi connectivity index (χ1) is 11.7. The molecule has 6 nitrogen and oxygen atoms in total. The quantitative estimate of drug-likeness (QED) is 0.823. The van der Waals surface area contributed by atoms with Crippen LogP contribution in [0.2, 0.25) is 0 Å². The van der Waals surface area contributed by atoms with E-state index in [1.807, 2.05) is 32.8 Å². The molecule has 0 aromatic rings. The van der Waals surface area contributed by atoms with E-state index in [-0.39, 0.29) is 22.9 Å². The van der Waals surface area contributed by atoms with E-state index in [0.717, 1.165) is 51.9 Å². The monoisotopic (exact) mass is 350 g/mol. The molecule has 3 rings (SSSR count). The van der Waals surface area contributed by atoms with Gasteiger partial charge in [0.1, 0.15) is 0 Å². The van der Waals surface area contributed by atoms with E-state index in [1.165, 1.54) is 0 Å². The van der Waals surface area contributed by atoms with Crippen LogP contribution in [0.3, 0.4) is 0 Å². The summed E-state index contributed by atoms with van der Waals surface area (Å²) < 4.78 is 0. The number of nitrogens with zero attached hydrogens (tertiary/aromatic N) is 3. The van der Waals surface area contributed by atoms with Crippen LogP contribution in [0.25, 0.3) is 0 Å². The molecule has 2 saturated heterocycles. The highest BCUT2D eigenvalue weighted by atomic mass is 16.2. The van der Waals surface area contributed by atoms with Crippen LogP contribution in [-0.4, -0.2) is 80.0 Å². The minimum atomic E-state index is -0.208. The topological polar surface area (TPSA) is 55.9 Å². The van der Waals surface area contributed by atoms with Crippen molar-refractivity contribution in [2.24, 2.45) is 16.7 Å². The summed E-state index contributed by atoms with van der Waals surface area (Å²) in [6.07, 6.45) is 4.18. The van der Waals surface area contributed by atoms with Crippen LogP contribution in [0.5, 0.6) is 0 Å². The number of carbonyl (C=O) groups excluding carboxylic acids is 2. The van der Waals surface area contributed by atoms with Crippen molar-refractivity contribution < 1.29 is 9.59 Å². The fraction of sp³-hybridized carbons (Fsp3) is 0.895. The van der Waals surface area contributed by atoms with Gasteiger partial charge in [0.15, 0.2) is 0 Å². The SMILES string of the molecule is CC(C)NC(=O)N1CCC2(CC1)CC[C@]1(C(=O)N(C)C)CN(C)C[C@H]21. The number of fused-ring (bicyclic) bond motifs is 2. The summed E-state index contributed by atoms with van der Waals surface area (Å²) in [6, 6.07) is 0.228. The molecule has 6 heteroatoms. The van der Waals surface area contributed by atoms with Gasteiger partial charge in [-0.1, -0.05) is 0 Å². The molecule has 0 unspecified atom stereocenters. The average molecular weight is 351 g/mol. The Labute approximate surface area is 151 Å². The molecular formula is C19H34N4O2. The first kappa shape index (κ1) is 18.5. The van der Waals surface area contributed by atoms with E-state index in [1.54, 1.807) is 4.90 Å². The lowest BCUT2D eigenvalue weighted by Gasteiger charge is -2.44. The number of carbonyl (C=O) groups is 2. The Kier molecular flexibility index (Phi) is 4.77. The van der Waals surface area contributed by atoms with Gasteiger partial charge in [-0.15, -0.1) is 0 Å². The average Bonchev–Trinajstić information content (AvgIpc) is 3.02. The fourth-order valence-corrected chi connectivity index (χ4v) is 5.68. The van der Waals surface area contributed by atoms with Crippen LogP contribution in [0.15, 0.2) is 0 Å². The number of amides is 3. The van der Waals surface area contributed by atoms with Crippen LogP contribution < -0.4 is 5.32 Å². The lowest BCUT2D eigenvalue weighted by molar-refractivity contribution is -0.141. The molecule has 3 aliphatic rings. The van der Waals surface area contributed by atoms with Crippen molar-refractivity contribution in [3.05, 3.63) is 0 Å². The van der Waals surface area contributed by atoms with Crippen LogP contribution in [-0.2, 0) is 4.79 Å². The Morgan fingerprint density at radius 3 is 2.32 bits per heavy atom. The van der Waals surface area contributed by atoms with Crippen molar-refractivity contribution in [3.63, 3.8) is 0 Å². The maximum Gasteiger partial charge on any atom is 0.317 e. The third-order valence-electron chi connectivity index (χ3n) is 6.81. The predicted molar refractivity (Wildman–Crippen MR) is 98.3 cm³/mol. The Hall–Kier alpha value is -1.30. The molecular weight excluding hydrogens is 316 g/mol. The van der Waals surface area contributed by atoms with Gasteiger partial charge in [0.05, 0.1) is 5.41 Å². The van der Waals surface area contributed by atoms with E-state index < -0.39 is 0 Å². The zero-order chi connectivity index (χ0) is 18.4. The highest BCUT2D eigenvalue weighted by Crippen LogP contribution is 2.62. The molecule has 2 aliphatic heterocycles. The van der Waals surface area contributed by atoms with Crippen molar-refractivity contribution in [2.75, 3.05) is 47.3 Å². The smallest absolute Gasteiger partial charge is 0.317 e. The molecule has 1 N–H and O–H groups in total. The van der Waals surface area contributed by atoms with Crippen LogP contribution in [0, 0.1) is 16.7 Å². The van der Waals surface area contributed by atoms with Crippen molar-refractivity contribution in [3.8, 4) is 0 Å². The van der Waals surface area contributed by atoms with Gasteiger partial charge in [-0.2, -0.15) is 0 Å². The Bertz CT molecular complexity index is 540. The van der Waals surface area contributed by atoms with Gasteiger partial charge in [0.2, 0.25) is 5.91 Å². The van der Waals surface area contributed by atoms with Gasteiger partial charge < -0.3 is 20.0 Å². The predicted octanol–water partition coefficient (Wildman–Crippen LogP) is 1.62. The Morgan fingerprint density at radius 1 is 1.12 bits per heavy atom. The van der Waals surface area contributed by atoms with Crippen molar-refractivity contribution in [1.82, 2.24) is 20.0 Å². The van der Waals surface area contributed by atoms with Crippen molar-refractivity contribution >= 4 is 11.9 Å². The molecule has 1 aliphatic carbocycles. The minimum Gasteiger partial charge on any atom is -0.348 e. The third-order valence-corrected chi connectivity index (χ3v) is 6.81. The number of rotatable bonds is 2. The summed E-state index contributed by atoms with van der Waals surface area (Å²) in [5.74, 6) is 0.730. The lowest BCUT2D eigenvalue weighted by Crippen LogP contribution is -2.52. The number of nitrogens with one attached hydrogen (secondary N) is 1. The van der Waals surface area contributed by atoms with Gasteiger partial charge in [-0.05, 0) is 57.9 Å². The Morgan fingerprint density at radius 2 is 1.76 bits per heavy atom. The molecule has 3 amide bonds. The van der Waals surface area contributed by atoms with Crippen LogP contribution in [0.4, 0.5) is 4.79 Å². The summed E-state index contributed by atoms with van der Waals surface area (Å²) >= 11 is 0. The molecule has 3 fully saturated rings. The summed E-state index contributed by atoms with van der Waals surface area (Å²) in [5.41, 5.74) is 0.0195. The molecule has 0 aromatic heterocycles. The first-order valence-corrected chi connectivity index (χ1v) is 9.66. The van der Waals surface area contributed by atoms with E-state index in [0.29, 0.717) is 11.8 Å². The molecule has 2 atom stereocenters. The summed E-state index contributed by atoms with van der Waals surface area (Å²) in [5, 5.41) is 3.00. The highest BCUT2D eigenvalue weighted by Gasteiger charge is 2.64. The van der Waals surface area contributed by atoms with E-state index in [9.17, 15) is 9.59 Å². The lowest BCUT2D eigenvalue weighted by atomic mass is 9.65. The number of hydrogen-bond donors (Lipinski definition) is 1. The zero-order valence-corrected chi connectivity index (χ0v) is 16.5. The summed E-state index contributed by atoms with van der Waals surface area (Å²) in [6.45, 7) is 7.51. The number of likely N-dealkylation sites (tertiary alicyclic amines) is 2. The highest BCUT2D eigenvalue weighted by molar-refractivity contribution is 5.84. The molecule has 0 aromatic carbocycles. The van der Waals surface area contributed by atoms with Gasteiger partial charge in [-0.25, -0.2) is 4.79 Å². The van der Waals surface area contributed by atoms with Gasteiger partial charge in [-0.3, -0.25) is 4.79 Å². The minimum absolute atomic E-state index is 0.0574. The molecule has 1 spiro atoms. The number of urea groups is 1. The van der Waals surface area contributed by atoms with Crippen LogP contribution in [0.1, 0.15) is 39.5 Å². The molecule has 0 radical (unpaired) electrons.